The van der Waals surface area contributed by atoms with Crippen molar-refractivity contribution in [3.8, 4) is 0 Å². The van der Waals surface area contributed by atoms with Crippen LogP contribution in [-0.2, 0) is 0 Å². The highest BCUT2D eigenvalue weighted by atomic mass is 35.5. The standard InChI is InChI=1S/C8H4ClNOS/c9-8(11)6-7-5(1-3-10-6)2-4-12-7/h1-4H. The summed E-state index contributed by atoms with van der Waals surface area (Å²) in [6.07, 6.45) is 1.59. The Morgan fingerprint density at radius 2 is 2.33 bits per heavy atom. The van der Waals surface area contributed by atoms with Gasteiger partial charge >= 0.3 is 0 Å². The van der Waals surface area contributed by atoms with Crippen LogP contribution in [0.4, 0.5) is 0 Å². The average molecular weight is 198 g/mol. The number of aromatic nitrogens is 1. The SMILES string of the molecule is O=C(Cl)c1nccc2ccsc12. The van der Waals surface area contributed by atoms with E-state index < -0.39 is 5.24 Å². The summed E-state index contributed by atoms with van der Waals surface area (Å²) in [5, 5.41) is 2.43. The summed E-state index contributed by atoms with van der Waals surface area (Å²) in [5.41, 5.74) is 0.351. The molecule has 0 fully saturated rings. The molecule has 2 aromatic heterocycles. The molecule has 0 radical (unpaired) electrons. The van der Waals surface area contributed by atoms with Crippen LogP contribution in [0, 0.1) is 0 Å². The molecule has 2 nitrogen and oxygen atoms in total. The molecular weight excluding hydrogens is 194 g/mol. The fourth-order valence-corrected chi connectivity index (χ4v) is 2.11. The summed E-state index contributed by atoms with van der Waals surface area (Å²) in [7, 11) is 0. The molecule has 2 heterocycles. The van der Waals surface area contributed by atoms with E-state index in [0.29, 0.717) is 5.69 Å². The maximum Gasteiger partial charge on any atom is 0.272 e. The fourth-order valence-electron chi connectivity index (χ4n) is 1.03. The molecule has 4 heteroatoms. The third-order valence-corrected chi connectivity index (χ3v) is 2.67. The van der Waals surface area contributed by atoms with E-state index in [4.69, 9.17) is 11.6 Å². The molecule has 0 aliphatic heterocycles. The monoisotopic (exact) mass is 197 g/mol. The third kappa shape index (κ3) is 1.11. The van der Waals surface area contributed by atoms with Crippen LogP contribution >= 0.6 is 22.9 Å². The van der Waals surface area contributed by atoms with Crippen molar-refractivity contribution in [2.75, 3.05) is 0 Å². The van der Waals surface area contributed by atoms with E-state index >= 15 is 0 Å². The molecule has 0 spiro atoms. The zero-order chi connectivity index (χ0) is 8.55. The van der Waals surface area contributed by atoms with Gasteiger partial charge in [-0.2, -0.15) is 0 Å². The lowest BCUT2D eigenvalue weighted by Crippen LogP contribution is -1.92. The van der Waals surface area contributed by atoms with Crippen LogP contribution < -0.4 is 0 Å². The Hall–Kier alpha value is -0.930. The van der Waals surface area contributed by atoms with Gasteiger partial charge in [0.05, 0.1) is 4.70 Å². The van der Waals surface area contributed by atoms with Crippen molar-refractivity contribution < 1.29 is 4.79 Å². The Kier molecular flexibility index (Phi) is 1.83. The van der Waals surface area contributed by atoms with Crippen molar-refractivity contribution in [3.05, 3.63) is 29.4 Å². The average Bonchev–Trinajstić information content (AvgIpc) is 2.49. The van der Waals surface area contributed by atoms with Crippen LogP contribution in [0.25, 0.3) is 10.1 Å². The maximum atomic E-state index is 10.9. The fraction of sp³-hybridized carbons (Fsp3) is 0. The number of carbonyl (C=O) groups is 1. The van der Waals surface area contributed by atoms with E-state index in [-0.39, 0.29) is 0 Å². The lowest BCUT2D eigenvalue weighted by molar-refractivity contribution is 0.107. The first kappa shape index (κ1) is 7.71. The number of rotatable bonds is 1. The summed E-state index contributed by atoms with van der Waals surface area (Å²) in [6, 6.07) is 3.79. The Morgan fingerprint density at radius 3 is 3.08 bits per heavy atom. The van der Waals surface area contributed by atoms with Gasteiger partial charge in [-0.25, -0.2) is 0 Å². The van der Waals surface area contributed by atoms with Gasteiger partial charge in [0.25, 0.3) is 5.24 Å². The highest BCUT2D eigenvalue weighted by Crippen LogP contribution is 2.23. The van der Waals surface area contributed by atoms with Gasteiger partial charge in [-0.3, -0.25) is 9.78 Å². The Morgan fingerprint density at radius 1 is 1.50 bits per heavy atom. The number of halogens is 1. The smallest absolute Gasteiger partial charge is 0.272 e. The molecule has 60 valence electrons. The van der Waals surface area contributed by atoms with Crippen LogP contribution in [0.3, 0.4) is 0 Å². The van der Waals surface area contributed by atoms with Crippen LogP contribution in [0.5, 0.6) is 0 Å². The normalized spacial score (nSPS) is 10.4. The second-order valence-electron chi connectivity index (χ2n) is 2.27. The van der Waals surface area contributed by atoms with Crippen molar-refractivity contribution in [1.29, 1.82) is 0 Å². The number of nitrogens with zero attached hydrogens (tertiary/aromatic N) is 1. The summed E-state index contributed by atoms with van der Waals surface area (Å²) < 4.78 is 0.859. The molecule has 0 bridgehead atoms. The molecule has 0 saturated heterocycles. The van der Waals surface area contributed by atoms with Crippen molar-refractivity contribution in [1.82, 2.24) is 4.98 Å². The van der Waals surface area contributed by atoms with Gasteiger partial charge in [0, 0.05) is 6.20 Å². The number of thiophene rings is 1. The van der Waals surface area contributed by atoms with Crippen LogP contribution in [0.15, 0.2) is 23.7 Å². The van der Waals surface area contributed by atoms with E-state index in [9.17, 15) is 4.79 Å². The predicted octanol–water partition coefficient (Wildman–Crippen LogP) is 2.68. The van der Waals surface area contributed by atoms with Crippen LogP contribution in [0.1, 0.15) is 10.5 Å². The molecule has 0 amide bonds. The van der Waals surface area contributed by atoms with E-state index in [1.54, 1.807) is 6.20 Å². The van der Waals surface area contributed by atoms with E-state index in [1.165, 1.54) is 11.3 Å². The van der Waals surface area contributed by atoms with E-state index in [1.807, 2.05) is 17.5 Å². The van der Waals surface area contributed by atoms with Gasteiger partial charge in [0.1, 0.15) is 5.69 Å². The van der Waals surface area contributed by atoms with Gasteiger partial charge in [0.15, 0.2) is 0 Å². The quantitative estimate of drug-likeness (QED) is 0.658. The number of hydrogen-bond acceptors (Lipinski definition) is 3. The second-order valence-corrected chi connectivity index (χ2v) is 3.53. The molecule has 0 aliphatic rings. The molecule has 2 aromatic rings. The van der Waals surface area contributed by atoms with E-state index in [0.717, 1.165) is 10.1 Å². The van der Waals surface area contributed by atoms with Gasteiger partial charge in [-0.1, -0.05) is 0 Å². The van der Waals surface area contributed by atoms with Crippen LogP contribution in [-0.4, -0.2) is 10.2 Å². The van der Waals surface area contributed by atoms with Gasteiger partial charge in [-0.05, 0) is 34.5 Å². The van der Waals surface area contributed by atoms with Gasteiger partial charge in [-0.15, -0.1) is 11.3 Å². The van der Waals surface area contributed by atoms with Crippen molar-refractivity contribution >= 4 is 38.3 Å². The minimum Gasteiger partial charge on any atom is -0.274 e. The van der Waals surface area contributed by atoms with E-state index in [2.05, 4.69) is 4.98 Å². The first-order valence-electron chi connectivity index (χ1n) is 3.31. The van der Waals surface area contributed by atoms with Crippen molar-refractivity contribution in [2.24, 2.45) is 0 Å². The lowest BCUT2D eigenvalue weighted by Gasteiger charge is -1.93. The summed E-state index contributed by atoms with van der Waals surface area (Å²) in [6.45, 7) is 0. The third-order valence-electron chi connectivity index (χ3n) is 1.55. The summed E-state index contributed by atoms with van der Waals surface area (Å²) in [5.74, 6) is 0. The Labute approximate surface area is 77.8 Å². The molecule has 0 unspecified atom stereocenters. The minimum absolute atomic E-state index is 0.351. The molecule has 12 heavy (non-hydrogen) atoms. The lowest BCUT2D eigenvalue weighted by atomic mass is 10.3. The molecule has 0 saturated carbocycles. The zero-order valence-electron chi connectivity index (χ0n) is 5.95. The number of hydrogen-bond donors (Lipinski definition) is 0. The first-order valence-corrected chi connectivity index (χ1v) is 4.57. The van der Waals surface area contributed by atoms with Crippen molar-refractivity contribution in [2.45, 2.75) is 0 Å². The van der Waals surface area contributed by atoms with Gasteiger partial charge < -0.3 is 0 Å². The predicted molar refractivity (Wildman–Crippen MR) is 49.8 cm³/mol. The Bertz CT molecular complexity index is 437. The molecule has 0 atom stereocenters. The highest BCUT2D eigenvalue weighted by Gasteiger charge is 2.08. The number of pyridine rings is 1. The highest BCUT2D eigenvalue weighted by molar-refractivity contribution is 7.17. The Balaban J connectivity index is 2.82. The number of fused-ring (bicyclic) bond motifs is 1. The molecule has 2 rings (SSSR count). The van der Waals surface area contributed by atoms with Gasteiger partial charge in [0.2, 0.25) is 0 Å². The zero-order valence-corrected chi connectivity index (χ0v) is 7.52. The molecule has 0 N–H and O–H groups in total. The maximum absolute atomic E-state index is 10.9. The second kappa shape index (κ2) is 2.84. The summed E-state index contributed by atoms with van der Waals surface area (Å²) in [4.78, 5) is 14.8. The largest absolute Gasteiger partial charge is 0.274 e. The molecule has 0 aromatic carbocycles. The molecular formula is C8H4ClNOS. The van der Waals surface area contributed by atoms with Crippen molar-refractivity contribution in [3.63, 3.8) is 0 Å². The topological polar surface area (TPSA) is 30.0 Å². The summed E-state index contributed by atoms with van der Waals surface area (Å²) >= 11 is 6.82. The number of carbonyl (C=O) groups excluding carboxylic acids is 1. The first-order chi connectivity index (χ1) is 5.79. The van der Waals surface area contributed by atoms with Crippen LogP contribution in [0.2, 0.25) is 0 Å². The minimum atomic E-state index is -0.497. The molecule has 0 aliphatic carbocycles.